The summed E-state index contributed by atoms with van der Waals surface area (Å²) in [5.74, 6) is 0.867. The first-order valence-electron chi connectivity index (χ1n) is 5.38. The molecule has 2 aliphatic carbocycles. The average Bonchev–Trinajstić information content (AvgIpc) is 2.76. The highest BCUT2D eigenvalue weighted by molar-refractivity contribution is 6.30. The Hall–Kier alpha value is -1.11. The summed E-state index contributed by atoms with van der Waals surface area (Å²) in [7, 11) is 0. The minimum absolute atomic E-state index is 0.152. The molecule has 1 N–H and O–H groups in total. The molecule has 0 radical (unpaired) electrons. The summed E-state index contributed by atoms with van der Waals surface area (Å²) >= 11 is 5.89. The van der Waals surface area contributed by atoms with Crippen molar-refractivity contribution in [1.29, 1.82) is 5.26 Å². The van der Waals surface area contributed by atoms with Crippen LogP contribution in [0, 0.1) is 29.1 Å². The van der Waals surface area contributed by atoms with Crippen LogP contribution in [0.5, 0.6) is 0 Å². The monoisotopic (exact) mass is 234 g/mol. The van der Waals surface area contributed by atoms with Crippen molar-refractivity contribution in [2.24, 2.45) is 17.8 Å². The second-order valence-corrected chi connectivity index (χ2v) is 5.22. The SMILES string of the molecule is N#C[C@H]1[C@H]2CC(O)(c3cc(Cl)ccn3)C[C@@H]12. The number of aromatic nitrogens is 1. The molecule has 1 unspecified atom stereocenters. The predicted molar refractivity (Wildman–Crippen MR) is 58.5 cm³/mol. The van der Waals surface area contributed by atoms with Crippen LogP contribution in [0.3, 0.4) is 0 Å². The highest BCUT2D eigenvalue weighted by Crippen LogP contribution is 2.63. The van der Waals surface area contributed by atoms with Gasteiger partial charge in [-0.1, -0.05) is 11.6 Å². The van der Waals surface area contributed by atoms with Crippen molar-refractivity contribution in [2.45, 2.75) is 18.4 Å². The number of hydrogen-bond acceptors (Lipinski definition) is 3. The van der Waals surface area contributed by atoms with E-state index in [2.05, 4.69) is 11.1 Å². The van der Waals surface area contributed by atoms with Crippen LogP contribution in [-0.4, -0.2) is 10.1 Å². The zero-order valence-corrected chi connectivity index (χ0v) is 9.35. The largest absolute Gasteiger partial charge is 0.384 e. The Morgan fingerprint density at radius 3 is 2.75 bits per heavy atom. The zero-order valence-electron chi connectivity index (χ0n) is 8.60. The molecule has 0 aromatic carbocycles. The Bertz CT molecular complexity index is 470. The highest BCUT2D eigenvalue weighted by Gasteiger charge is 2.62. The Balaban J connectivity index is 1.85. The molecule has 1 aromatic heterocycles. The minimum Gasteiger partial charge on any atom is -0.384 e. The van der Waals surface area contributed by atoms with Gasteiger partial charge in [0.1, 0.15) is 5.60 Å². The molecular weight excluding hydrogens is 224 g/mol. The Kier molecular flexibility index (Phi) is 2.01. The van der Waals surface area contributed by atoms with Gasteiger partial charge in [0, 0.05) is 11.2 Å². The third kappa shape index (κ3) is 1.34. The van der Waals surface area contributed by atoms with E-state index in [1.165, 1.54) is 0 Å². The fourth-order valence-corrected chi connectivity index (χ4v) is 3.08. The Morgan fingerprint density at radius 1 is 1.50 bits per heavy atom. The molecule has 4 atom stereocenters. The van der Waals surface area contributed by atoms with E-state index < -0.39 is 5.60 Å². The summed E-state index contributed by atoms with van der Waals surface area (Å²) in [6.45, 7) is 0. The van der Waals surface area contributed by atoms with Crippen LogP contribution in [0.25, 0.3) is 0 Å². The summed E-state index contributed by atoms with van der Waals surface area (Å²) in [6.07, 6.45) is 2.90. The summed E-state index contributed by atoms with van der Waals surface area (Å²) in [6, 6.07) is 5.70. The standard InChI is InChI=1S/C12H11ClN2O/c13-7-1-2-15-11(3-7)12(16)4-8-9(5-12)10(8)6-14/h1-3,8-10,16H,4-5H2/t8-,9+,10-,12?. The maximum atomic E-state index is 10.5. The average molecular weight is 235 g/mol. The van der Waals surface area contributed by atoms with Crippen molar-refractivity contribution in [1.82, 2.24) is 4.98 Å². The van der Waals surface area contributed by atoms with E-state index in [9.17, 15) is 5.11 Å². The van der Waals surface area contributed by atoms with Crippen LogP contribution >= 0.6 is 11.6 Å². The molecule has 4 heteroatoms. The number of rotatable bonds is 1. The van der Waals surface area contributed by atoms with Crippen LogP contribution in [0.4, 0.5) is 0 Å². The summed E-state index contributed by atoms with van der Waals surface area (Å²) in [5, 5.41) is 19.9. The first kappa shape index (κ1) is 10.1. The molecule has 0 bridgehead atoms. The van der Waals surface area contributed by atoms with E-state index in [1.54, 1.807) is 18.3 Å². The molecular formula is C12H11ClN2O. The van der Waals surface area contributed by atoms with E-state index in [0.29, 0.717) is 35.4 Å². The number of hydrogen-bond donors (Lipinski definition) is 1. The summed E-state index contributed by atoms with van der Waals surface area (Å²) in [4.78, 5) is 4.18. The predicted octanol–water partition coefficient (Wildman–Crippen LogP) is 2.10. The number of aliphatic hydroxyl groups is 1. The van der Waals surface area contributed by atoms with Gasteiger partial charge >= 0.3 is 0 Å². The summed E-state index contributed by atoms with van der Waals surface area (Å²) < 4.78 is 0. The number of nitrogens with zero attached hydrogens (tertiary/aromatic N) is 2. The van der Waals surface area contributed by atoms with Crippen LogP contribution in [0.1, 0.15) is 18.5 Å². The molecule has 2 saturated carbocycles. The maximum Gasteiger partial charge on any atom is 0.107 e. The molecule has 1 aromatic rings. The van der Waals surface area contributed by atoms with Gasteiger partial charge in [0.25, 0.3) is 0 Å². The number of halogens is 1. The normalized spacial score (nSPS) is 40.2. The second kappa shape index (κ2) is 3.19. The van der Waals surface area contributed by atoms with E-state index in [4.69, 9.17) is 16.9 Å². The van der Waals surface area contributed by atoms with Gasteiger partial charge in [-0.05, 0) is 36.8 Å². The molecule has 0 saturated heterocycles. The maximum absolute atomic E-state index is 10.5. The number of nitriles is 1. The smallest absolute Gasteiger partial charge is 0.107 e. The van der Waals surface area contributed by atoms with Gasteiger partial charge in [-0.2, -0.15) is 5.26 Å². The zero-order chi connectivity index (χ0) is 11.3. The van der Waals surface area contributed by atoms with Crippen molar-refractivity contribution in [2.75, 3.05) is 0 Å². The van der Waals surface area contributed by atoms with Crippen molar-refractivity contribution in [3.05, 3.63) is 29.0 Å². The lowest BCUT2D eigenvalue weighted by molar-refractivity contribution is 0.0240. The van der Waals surface area contributed by atoms with Gasteiger partial charge in [0.05, 0.1) is 17.7 Å². The summed E-state index contributed by atoms with van der Waals surface area (Å²) in [5.41, 5.74) is -0.225. The molecule has 16 heavy (non-hydrogen) atoms. The van der Waals surface area contributed by atoms with E-state index in [1.807, 2.05) is 0 Å². The lowest BCUT2D eigenvalue weighted by Gasteiger charge is -2.24. The van der Waals surface area contributed by atoms with Crippen molar-refractivity contribution >= 4 is 11.6 Å². The van der Waals surface area contributed by atoms with E-state index in [0.717, 1.165) is 0 Å². The number of fused-ring (bicyclic) bond motifs is 1. The van der Waals surface area contributed by atoms with E-state index >= 15 is 0 Å². The molecule has 1 heterocycles. The molecule has 0 spiro atoms. The van der Waals surface area contributed by atoms with Crippen LogP contribution in [0.2, 0.25) is 5.02 Å². The van der Waals surface area contributed by atoms with Gasteiger partial charge in [-0.15, -0.1) is 0 Å². The van der Waals surface area contributed by atoms with Gasteiger partial charge < -0.3 is 5.11 Å². The first-order chi connectivity index (χ1) is 7.64. The van der Waals surface area contributed by atoms with Gasteiger partial charge in [0.15, 0.2) is 0 Å². The van der Waals surface area contributed by atoms with E-state index in [-0.39, 0.29) is 5.92 Å². The second-order valence-electron chi connectivity index (χ2n) is 4.78. The first-order valence-corrected chi connectivity index (χ1v) is 5.76. The molecule has 3 nitrogen and oxygen atoms in total. The Labute approximate surface area is 98.7 Å². The topological polar surface area (TPSA) is 56.9 Å². The van der Waals surface area contributed by atoms with Gasteiger partial charge in [-0.3, -0.25) is 4.98 Å². The Morgan fingerprint density at radius 2 is 2.19 bits per heavy atom. The molecule has 2 fully saturated rings. The van der Waals surface area contributed by atoms with Crippen molar-refractivity contribution in [3.63, 3.8) is 0 Å². The molecule has 0 amide bonds. The number of pyridine rings is 1. The van der Waals surface area contributed by atoms with Crippen LogP contribution in [0.15, 0.2) is 18.3 Å². The lowest BCUT2D eigenvalue weighted by Crippen LogP contribution is -2.25. The van der Waals surface area contributed by atoms with Gasteiger partial charge in [-0.25, -0.2) is 0 Å². The molecule has 2 aliphatic rings. The third-order valence-electron chi connectivity index (χ3n) is 3.83. The third-order valence-corrected chi connectivity index (χ3v) is 4.06. The van der Waals surface area contributed by atoms with Crippen LogP contribution in [-0.2, 0) is 5.60 Å². The van der Waals surface area contributed by atoms with Gasteiger partial charge in [0.2, 0.25) is 0 Å². The van der Waals surface area contributed by atoms with Crippen molar-refractivity contribution < 1.29 is 5.11 Å². The quantitative estimate of drug-likeness (QED) is 0.810. The fraction of sp³-hybridized carbons (Fsp3) is 0.500. The molecule has 82 valence electrons. The van der Waals surface area contributed by atoms with Crippen LogP contribution < -0.4 is 0 Å². The van der Waals surface area contributed by atoms with Crippen molar-refractivity contribution in [3.8, 4) is 6.07 Å². The highest BCUT2D eigenvalue weighted by atomic mass is 35.5. The molecule has 3 rings (SSSR count). The fourth-order valence-electron chi connectivity index (χ4n) is 2.92. The molecule has 0 aliphatic heterocycles. The minimum atomic E-state index is -0.867. The lowest BCUT2D eigenvalue weighted by atomic mass is 9.91.